The summed E-state index contributed by atoms with van der Waals surface area (Å²) in [4.78, 5) is 19.7. The summed E-state index contributed by atoms with van der Waals surface area (Å²) in [6.07, 6.45) is 1.43. The van der Waals surface area contributed by atoms with Crippen LogP contribution in [-0.2, 0) is 0 Å². The van der Waals surface area contributed by atoms with E-state index in [-0.39, 0.29) is 10.9 Å². The Labute approximate surface area is 154 Å². The number of para-hydroxylation sites is 2. The zero-order valence-electron chi connectivity index (χ0n) is 13.5. The van der Waals surface area contributed by atoms with Crippen molar-refractivity contribution in [1.82, 2.24) is 15.3 Å². The van der Waals surface area contributed by atoms with Gasteiger partial charge in [-0.25, -0.2) is 4.98 Å². The highest BCUT2D eigenvalue weighted by Gasteiger charge is 2.10. The predicted octanol–water partition coefficient (Wildman–Crippen LogP) is 3.95. The van der Waals surface area contributed by atoms with E-state index in [0.29, 0.717) is 0 Å². The predicted molar refractivity (Wildman–Crippen MR) is 104 cm³/mol. The van der Waals surface area contributed by atoms with Crippen LogP contribution >= 0.6 is 12.2 Å². The van der Waals surface area contributed by atoms with Crippen molar-refractivity contribution in [2.24, 2.45) is 0 Å². The highest BCUT2D eigenvalue weighted by atomic mass is 32.1. The van der Waals surface area contributed by atoms with E-state index in [4.69, 9.17) is 16.6 Å². The molecule has 0 radical (unpaired) electrons. The molecule has 0 bridgehead atoms. The molecule has 0 atom stereocenters. The number of thiocarbonyl (C=S) groups is 1. The summed E-state index contributed by atoms with van der Waals surface area (Å²) in [5.74, 6) is 0.604. The third kappa shape index (κ3) is 3.33. The van der Waals surface area contributed by atoms with Gasteiger partial charge in [0, 0.05) is 11.3 Å². The summed E-state index contributed by atoms with van der Waals surface area (Å²) in [6, 6.07) is 18.7. The number of imidazole rings is 1. The molecule has 4 rings (SSSR count). The number of hydrogen-bond donors (Lipinski definition) is 3. The van der Waals surface area contributed by atoms with Gasteiger partial charge in [0.2, 0.25) is 0 Å². The van der Waals surface area contributed by atoms with Crippen molar-refractivity contribution in [1.29, 1.82) is 0 Å². The molecular weight excluding hydrogens is 348 g/mol. The van der Waals surface area contributed by atoms with Crippen LogP contribution in [0.15, 0.2) is 71.3 Å². The number of H-pyrrole nitrogens is 1. The minimum absolute atomic E-state index is 0.197. The number of nitrogens with zero attached hydrogens (tertiary/aromatic N) is 1. The standard InChI is InChI=1S/C19H14N4O2S/c24-18(16-6-3-11-25-16)23-19(26)20-13-9-7-12(8-10-13)17-21-14-4-1-2-5-15(14)22-17/h1-11H,(H,21,22)(H2,20,23,24,26). The maximum Gasteiger partial charge on any atom is 0.293 e. The summed E-state index contributed by atoms with van der Waals surface area (Å²) in [5.41, 5.74) is 3.63. The number of amides is 1. The average molecular weight is 362 g/mol. The number of aromatic nitrogens is 2. The van der Waals surface area contributed by atoms with Crippen LogP contribution in [0.1, 0.15) is 10.6 Å². The number of aromatic amines is 1. The lowest BCUT2D eigenvalue weighted by Gasteiger charge is -2.09. The van der Waals surface area contributed by atoms with Crippen LogP contribution in [-0.4, -0.2) is 21.0 Å². The Kier molecular flexibility index (Phi) is 4.20. The lowest BCUT2D eigenvalue weighted by Crippen LogP contribution is -2.33. The Morgan fingerprint density at radius 1 is 1.04 bits per heavy atom. The molecule has 0 saturated carbocycles. The highest BCUT2D eigenvalue weighted by molar-refractivity contribution is 7.80. The lowest BCUT2D eigenvalue weighted by atomic mass is 10.2. The van der Waals surface area contributed by atoms with Gasteiger partial charge in [-0.2, -0.15) is 0 Å². The van der Waals surface area contributed by atoms with Gasteiger partial charge in [0.15, 0.2) is 10.9 Å². The number of nitrogens with one attached hydrogen (secondary N) is 3. The van der Waals surface area contributed by atoms with Crippen LogP contribution in [0.2, 0.25) is 0 Å². The van der Waals surface area contributed by atoms with Gasteiger partial charge in [0.1, 0.15) is 5.82 Å². The van der Waals surface area contributed by atoms with Crippen molar-refractivity contribution in [3.8, 4) is 11.4 Å². The first kappa shape index (κ1) is 16.0. The van der Waals surface area contributed by atoms with E-state index in [2.05, 4.69) is 20.6 Å². The number of furan rings is 1. The number of fused-ring (bicyclic) bond motifs is 1. The number of carbonyl (C=O) groups excluding carboxylic acids is 1. The second-order valence-corrected chi connectivity index (χ2v) is 5.97. The molecule has 128 valence electrons. The number of anilines is 1. The monoisotopic (exact) mass is 362 g/mol. The Morgan fingerprint density at radius 2 is 1.85 bits per heavy atom. The topological polar surface area (TPSA) is 83.0 Å². The molecule has 1 amide bonds. The highest BCUT2D eigenvalue weighted by Crippen LogP contribution is 2.22. The lowest BCUT2D eigenvalue weighted by molar-refractivity contribution is 0.0950. The Balaban J connectivity index is 1.44. The maximum atomic E-state index is 11.9. The van der Waals surface area contributed by atoms with Gasteiger partial charge in [-0.05, 0) is 60.7 Å². The van der Waals surface area contributed by atoms with Gasteiger partial charge >= 0.3 is 0 Å². The maximum absolute atomic E-state index is 11.9. The third-order valence-electron chi connectivity index (χ3n) is 3.78. The number of hydrogen-bond acceptors (Lipinski definition) is 4. The van der Waals surface area contributed by atoms with Crippen molar-refractivity contribution in [2.45, 2.75) is 0 Å². The van der Waals surface area contributed by atoms with E-state index in [1.807, 2.05) is 48.5 Å². The number of rotatable bonds is 3. The van der Waals surface area contributed by atoms with Crippen LogP contribution in [0, 0.1) is 0 Å². The minimum Gasteiger partial charge on any atom is -0.459 e. The van der Waals surface area contributed by atoms with E-state index in [9.17, 15) is 4.79 Å². The molecule has 26 heavy (non-hydrogen) atoms. The smallest absolute Gasteiger partial charge is 0.293 e. The molecule has 0 unspecified atom stereocenters. The largest absolute Gasteiger partial charge is 0.459 e. The molecule has 2 aromatic carbocycles. The molecule has 0 aliphatic rings. The zero-order chi connectivity index (χ0) is 17.9. The zero-order valence-corrected chi connectivity index (χ0v) is 14.3. The SMILES string of the molecule is O=C(NC(=S)Nc1ccc(-c2nc3ccccc3[nH]2)cc1)c1ccco1. The first-order valence-corrected chi connectivity index (χ1v) is 8.31. The van der Waals surface area contributed by atoms with Crippen LogP contribution in [0.5, 0.6) is 0 Å². The van der Waals surface area contributed by atoms with Gasteiger partial charge in [0.25, 0.3) is 5.91 Å². The molecule has 7 heteroatoms. The average Bonchev–Trinajstić information content (AvgIpc) is 3.32. The fourth-order valence-corrected chi connectivity index (χ4v) is 2.75. The molecule has 2 heterocycles. The van der Waals surface area contributed by atoms with Gasteiger partial charge in [-0.1, -0.05) is 12.1 Å². The van der Waals surface area contributed by atoms with E-state index in [1.165, 1.54) is 6.26 Å². The molecule has 0 aliphatic carbocycles. The normalized spacial score (nSPS) is 10.6. The van der Waals surface area contributed by atoms with Crippen LogP contribution in [0.3, 0.4) is 0 Å². The summed E-state index contributed by atoms with van der Waals surface area (Å²) in [5, 5.41) is 5.73. The molecule has 0 fully saturated rings. The first-order valence-electron chi connectivity index (χ1n) is 7.90. The molecule has 3 N–H and O–H groups in total. The second kappa shape index (κ2) is 6.81. The molecule has 0 saturated heterocycles. The van der Waals surface area contributed by atoms with Crippen molar-refractivity contribution in [3.63, 3.8) is 0 Å². The van der Waals surface area contributed by atoms with Gasteiger partial charge in [0.05, 0.1) is 17.3 Å². The third-order valence-corrected chi connectivity index (χ3v) is 3.98. The minimum atomic E-state index is -0.397. The summed E-state index contributed by atoms with van der Waals surface area (Å²) in [7, 11) is 0. The fraction of sp³-hybridized carbons (Fsp3) is 0. The Morgan fingerprint density at radius 3 is 2.58 bits per heavy atom. The van der Waals surface area contributed by atoms with Crippen LogP contribution in [0.4, 0.5) is 5.69 Å². The van der Waals surface area contributed by atoms with Crippen molar-refractivity contribution in [3.05, 3.63) is 72.7 Å². The molecular formula is C19H14N4O2S. The molecule has 0 spiro atoms. The van der Waals surface area contributed by atoms with Gasteiger partial charge in [-0.15, -0.1) is 0 Å². The van der Waals surface area contributed by atoms with Crippen molar-refractivity contribution in [2.75, 3.05) is 5.32 Å². The van der Waals surface area contributed by atoms with Crippen molar-refractivity contribution < 1.29 is 9.21 Å². The molecule has 0 aliphatic heterocycles. The van der Waals surface area contributed by atoms with Crippen molar-refractivity contribution >= 4 is 40.0 Å². The molecule has 2 aromatic heterocycles. The van der Waals surface area contributed by atoms with Crippen LogP contribution in [0.25, 0.3) is 22.4 Å². The molecule has 4 aromatic rings. The van der Waals surface area contributed by atoms with Gasteiger partial charge < -0.3 is 14.7 Å². The van der Waals surface area contributed by atoms with Crippen LogP contribution < -0.4 is 10.6 Å². The number of benzene rings is 2. The molecule has 6 nitrogen and oxygen atoms in total. The Bertz CT molecular complexity index is 1040. The quantitative estimate of drug-likeness (QED) is 0.481. The summed E-state index contributed by atoms with van der Waals surface area (Å²) in [6.45, 7) is 0. The van der Waals surface area contributed by atoms with Gasteiger partial charge in [-0.3, -0.25) is 10.1 Å². The van der Waals surface area contributed by atoms with E-state index < -0.39 is 5.91 Å². The van der Waals surface area contributed by atoms with E-state index >= 15 is 0 Å². The number of carbonyl (C=O) groups is 1. The Hall–Kier alpha value is -3.45. The van der Waals surface area contributed by atoms with E-state index in [1.54, 1.807) is 12.1 Å². The second-order valence-electron chi connectivity index (χ2n) is 5.57. The van der Waals surface area contributed by atoms with E-state index in [0.717, 1.165) is 28.1 Å². The summed E-state index contributed by atoms with van der Waals surface area (Å²) >= 11 is 5.15. The first-order chi connectivity index (χ1) is 12.7. The summed E-state index contributed by atoms with van der Waals surface area (Å²) < 4.78 is 5.03. The fourth-order valence-electron chi connectivity index (χ4n) is 2.54.